The third-order valence-corrected chi connectivity index (χ3v) is 2.72. The smallest absolute Gasteiger partial charge is 0.339 e. The van der Waals surface area contributed by atoms with E-state index in [-0.39, 0.29) is 5.56 Å². The number of nitrogens with zero attached hydrogens (tertiary/aromatic N) is 3. The topological polar surface area (TPSA) is 71.5 Å². The molecule has 1 N–H and O–H groups in total. The molecule has 0 fully saturated rings. The zero-order valence-electron chi connectivity index (χ0n) is 10.3. The molecule has 2 heterocycles. The van der Waals surface area contributed by atoms with Crippen molar-refractivity contribution in [1.29, 1.82) is 0 Å². The van der Waals surface area contributed by atoms with E-state index in [1.807, 2.05) is 29.8 Å². The Morgan fingerprint density at radius 2 is 2.33 bits per heavy atom. The number of carboxylic acids is 1. The molecule has 0 amide bonds. The van der Waals surface area contributed by atoms with Crippen LogP contribution in [-0.4, -0.2) is 32.6 Å². The lowest BCUT2D eigenvalue weighted by molar-refractivity contribution is 0.0693. The normalized spacial score (nSPS) is 11.1. The molecule has 0 aliphatic heterocycles. The first kappa shape index (κ1) is 12.4. The Balaban J connectivity index is 2.03. The summed E-state index contributed by atoms with van der Waals surface area (Å²) in [7, 11) is 3.81. The largest absolute Gasteiger partial charge is 0.478 e. The number of aryl methyl sites for hydroxylation is 1. The van der Waals surface area contributed by atoms with E-state index in [2.05, 4.69) is 4.98 Å². The molecule has 0 saturated carbocycles. The van der Waals surface area contributed by atoms with Gasteiger partial charge in [-0.05, 0) is 13.1 Å². The Morgan fingerprint density at radius 3 is 2.94 bits per heavy atom. The van der Waals surface area contributed by atoms with Crippen LogP contribution < -0.4 is 0 Å². The van der Waals surface area contributed by atoms with Crippen LogP contribution in [-0.2, 0) is 20.1 Å². The van der Waals surface area contributed by atoms with Gasteiger partial charge in [-0.15, -0.1) is 0 Å². The first-order valence-electron chi connectivity index (χ1n) is 5.52. The van der Waals surface area contributed by atoms with Crippen molar-refractivity contribution in [2.45, 2.75) is 13.1 Å². The monoisotopic (exact) mass is 249 g/mol. The van der Waals surface area contributed by atoms with E-state index >= 15 is 0 Å². The van der Waals surface area contributed by atoms with Gasteiger partial charge in [-0.25, -0.2) is 9.78 Å². The first-order valence-corrected chi connectivity index (χ1v) is 5.52. The molecular formula is C12H15N3O3. The molecule has 0 bridgehead atoms. The van der Waals surface area contributed by atoms with Crippen molar-refractivity contribution >= 4 is 5.97 Å². The molecule has 2 aromatic rings. The highest BCUT2D eigenvalue weighted by molar-refractivity contribution is 5.88. The lowest BCUT2D eigenvalue weighted by Gasteiger charge is -2.15. The summed E-state index contributed by atoms with van der Waals surface area (Å²) in [5.41, 5.74) is 0.210. The van der Waals surface area contributed by atoms with Gasteiger partial charge in [0.05, 0.1) is 19.4 Å². The van der Waals surface area contributed by atoms with Crippen molar-refractivity contribution in [1.82, 2.24) is 14.5 Å². The van der Waals surface area contributed by atoms with Crippen molar-refractivity contribution < 1.29 is 14.3 Å². The summed E-state index contributed by atoms with van der Waals surface area (Å²) in [6.07, 6.45) is 5.00. The standard InChI is InChI=1S/C12H15N3O3/c1-14(8-11-13-4-5-15(11)2)7-10-9(12(16)17)3-6-18-10/h3-6H,7-8H2,1-2H3,(H,16,17). The zero-order chi connectivity index (χ0) is 13.1. The summed E-state index contributed by atoms with van der Waals surface area (Å²) in [6.45, 7) is 1.06. The highest BCUT2D eigenvalue weighted by Crippen LogP contribution is 2.13. The van der Waals surface area contributed by atoms with Gasteiger partial charge in [-0.2, -0.15) is 0 Å². The second-order valence-electron chi connectivity index (χ2n) is 4.19. The average molecular weight is 249 g/mol. The van der Waals surface area contributed by atoms with Gasteiger partial charge in [-0.3, -0.25) is 4.90 Å². The minimum Gasteiger partial charge on any atom is -0.478 e. The molecule has 0 saturated heterocycles. The van der Waals surface area contributed by atoms with Crippen LogP contribution in [0.3, 0.4) is 0 Å². The van der Waals surface area contributed by atoms with Gasteiger partial charge >= 0.3 is 5.97 Å². The second-order valence-corrected chi connectivity index (χ2v) is 4.19. The Morgan fingerprint density at radius 1 is 1.56 bits per heavy atom. The summed E-state index contributed by atoms with van der Waals surface area (Å²) >= 11 is 0. The molecule has 0 aliphatic rings. The molecule has 0 spiro atoms. The van der Waals surface area contributed by atoms with Crippen LogP contribution >= 0.6 is 0 Å². The van der Waals surface area contributed by atoms with Gasteiger partial charge in [0, 0.05) is 19.4 Å². The molecule has 6 heteroatoms. The third-order valence-electron chi connectivity index (χ3n) is 2.72. The SMILES string of the molecule is CN(Cc1occc1C(=O)O)Cc1nccn1C. The molecule has 0 unspecified atom stereocenters. The number of hydrogen-bond donors (Lipinski definition) is 1. The van der Waals surface area contributed by atoms with Crippen LogP contribution in [0.1, 0.15) is 21.9 Å². The van der Waals surface area contributed by atoms with Crippen molar-refractivity contribution in [2.24, 2.45) is 7.05 Å². The fourth-order valence-corrected chi connectivity index (χ4v) is 1.74. The van der Waals surface area contributed by atoms with E-state index in [0.29, 0.717) is 18.8 Å². The summed E-state index contributed by atoms with van der Waals surface area (Å²) in [6, 6.07) is 1.46. The molecule has 2 rings (SSSR count). The van der Waals surface area contributed by atoms with Crippen molar-refractivity contribution in [3.05, 3.63) is 41.9 Å². The summed E-state index contributed by atoms with van der Waals surface area (Å²) in [5, 5.41) is 8.97. The maximum Gasteiger partial charge on any atom is 0.339 e. The van der Waals surface area contributed by atoms with Crippen molar-refractivity contribution in [3.8, 4) is 0 Å². The second kappa shape index (κ2) is 5.05. The van der Waals surface area contributed by atoms with Gasteiger partial charge < -0.3 is 14.1 Å². The highest BCUT2D eigenvalue weighted by Gasteiger charge is 2.15. The minimum atomic E-state index is -0.968. The predicted molar refractivity (Wildman–Crippen MR) is 64.0 cm³/mol. The van der Waals surface area contributed by atoms with E-state index in [1.54, 1.807) is 6.20 Å². The van der Waals surface area contributed by atoms with E-state index in [4.69, 9.17) is 9.52 Å². The quantitative estimate of drug-likeness (QED) is 0.865. The number of hydrogen-bond acceptors (Lipinski definition) is 4. The van der Waals surface area contributed by atoms with Crippen LogP contribution in [0.15, 0.2) is 29.1 Å². The van der Waals surface area contributed by atoms with Crippen LogP contribution in [0.25, 0.3) is 0 Å². The van der Waals surface area contributed by atoms with E-state index in [0.717, 1.165) is 5.82 Å². The fourth-order valence-electron chi connectivity index (χ4n) is 1.74. The molecule has 0 atom stereocenters. The van der Waals surface area contributed by atoms with Crippen LogP contribution in [0, 0.1) is 0 Å². The Labute approximate surface area is 104 Å². The van der Waals surface area contributed by atoms with Crippen LogP contribution in [0.5, 0.6) is 0 Å². The van der Waals surface area contributed by atoms with Crippen molar-refractivity contribution in [3.63, 3.8) is 0 Å². The number of imidazole rings is 1. The van der Waals surface area contributed by atoms with Gasteiger partial charge in [0.2, 0.25) is 0 Å². The predicted octanol–water partition coefficient (Wildman–Crippen LogP) is 1.34. The number of aromatic carboxylic acids is 1. The summed E-state index contributed by atoms with van der Waals surface area (Å²) in [5.74, 6) is 0.407. The number of aromatic nitrogens is 2. The Hall–Kier alpha value is -2.08. The van der Waals surface area contributed by atoms with Gasteiger partial charge in [0.15, 0.2) is 0 Å². The summed E-state index contributed by atoms with van der Waals surface area (Å²) < 4.78 is 7.12. The molecule has 0 aliphatic carbocycles. The lowest BCUT2D eigenvalue weighted by atomic mass is 10.2. The van der Waals surface area contributed by atoms with Gasteiger partial charge in [0.25, 0.3) is 0 Å². The maximum atomic E-state index is 10.9. The lowest BCUT2D eigenvalue weighted by Crippen LogP contribution is -2.20. The van der Waals surface area contributed by atoms with E-state index in [9.17, 15) is 4.79 Å². The molecule has 0 radical (unpaired) electrons. The maximum absolute atomic E-state index is 10.9. The van der Waals surface area contributed by atoms with Gasteiger partial charge in [-0.1, -0.05) is 0 Å². The Kier molecular flexibility index (Phi) is 3.47. The van der Waals surface area contributed by atoms with E-state index in [1.165, 1.54) is 12.3 Å². The summed E-state index contributed by atoms with van der Waals surface area (Å²) in [4.78, 5) is 17.1. The Bertz CT molecular complexity index is 544. The number of rotatable bonds is 5. The third kappa shape index (κ3) is 2.60. The molecule has 2 aromatic heterocycles. The zero-order valence-corrected chi connectivity index (χ0v) is 10.3. The highest BCUT2D eigenvalue weighted by atomic mass is 16.4. The minimum absolute atomic E-state index is 0.210. The molecule has 0 aromatic carbocycles. The van der Waals surface area contributed by atoms with Gasteiger partial charge in [0.1, 0.15) is 17.1 Å². The number of carboxylic acid groups (broad SMARTS) is 1. The molecular weight excluding hydrogens is 234 g/mol. The first-order chi connectivity index (χ1) is 8.58. The number of furan rings is 1. The van der Waals surface area contributed by atoms with Crippen LogP contribution in [0.2, 0.25) is 0 Å². The molecule has 96 valence electrons. The van der Waals surface area contributed by atoms with E-state index < -0.39 is 5.97 Å². The average Bonchev–Trinajstić information content (AvgIpc) is 2.89. The fraction of sp³-hybridized carbons (Fsp3) is 0.333. The molecule has 6 nitrogen and oxygen atoms in total. The van der Waals surface area contributed by atoms with Crippen molar-refractivity contribution in [2.75, 3.05) is 7.05 Å². The number of carbonyl (C=O) groups is 1. The molecule has 18 heavy (non-hydrogen) atoms. The van der Waals surface area contributed by atoms with Crippen LogP contribution in [0.4, 0.5) is 0 Å².